The van der Waals surface area contributed by atoms with Crippen LogP contribution in [0.5, 0.6) is 5.75 Å². The van der Waals surface area contributed by atoms with Gasteiger partial charge in [-0.05, 0) is 78.2 Å². The molecule has 0 fully saturated rings. The molecule has 1 heterocycles. The van der Waals surface area contributed by atoms with Gasteiger partial charge in [-0.25, -0.2) is 8.70 Å². The Morgan fingerprint density at radius 1 is 1.08 bits per heavy atom. The standard InChI is InChI=1S/C30H31FN2O3S2/c1-21-26(14-7-15-27(21)31)30(35)32-28(17-22-9-4-3-5-10-22)29(34)20-33(19-25-13-8-16-37-25)38-24-12-6-11-23(18-24)36-2/h3-16,18,28-29,34H,17,19-20H2,1-2H3,(H,32,35). The third kappa shape index (κ3) is 7.68. The average molecular weight is 551 g/mol. The molecule has 2 atom stereocenters. The first-order chi connectivity index (χ1) is 18.4. The summed E-state index contributed by atoms with van der Waals surface area (Å²) in [6.07, 6.45) is -0.468. The van der Waals surface area contributed by atoms with Crippen LogP contribution in [0, 0.1) is 12.7 Å². The van der Waals surface area contributed by atoms with Crippen molar-refractivity contribution in [1.29, 1.82) is 0 Å². The van der Waals surface area contributed by atoms with Gasteiger partial charge >= 0.3 is 0 Å². The number of methoxy groups -OCH3 is 1. The number of aliphatic hydroxyl groups is 1. The quantitative estimate of drug-likeness (QED) is 0.208. The molecule has 0 aliphatic heterocycles. The van der Waals surface area contributed by atoms with Gasteiger partial charge in [0.1, 0.15) is 11.6 Å². The zero-order chi connectivity index (χ0) is 26.9. The van der Waals surface area contributed by atoms with Gasteiger partial charge in [-0.2, -0.15) is 0 Å². The number of carbonyl (C=O) groups is 1. The van der Waals surface area contributed by atoms with Crippen molar-refractivity contribution in [2.45, 2.75) is 36.9 Å². The minimum Gasteiger partial charge on any atom is -0.497 e. The van der Waals surface area contributed by atoms with E-state index in [4.69, 9.17) is 4.74 Å². The second kappa shape index (κ2) is 13.6. The summed E-state index contributed by atoms with van der Waals surface area (Å²) >= 11 is 3.18. The Balaban J connectivity index is 1.56. The Labute approximate surface area is 231 Å². The van der Waals surface area contributed by atoms with Crippen LogP contribution in [-0.4, -0.2) is 41.1 Å². The highest BCUT2D eigenvalue weighted by Gasteiger charge is 2.26. The first-order valence-electron chi connectivity index (χ1n) is 12.3. The van der Waals surface area contributed by atoms with Crippen molar-refractivity contribution in [3.05, 3.63) is 118 Å². The molecule has 0 bridgehead atoms. The Hall–Kier alpha value is -3.17. The van der Waals surface area contributed by atoms with E-state index in [1.807, 2.05) is 66.0 Å². The molecule has 2 N–H and O–H groups in total. The van der Waals surface area contributed by atoms with Gasteiger partial charge < -0.3 is 15.2 Å². The number of ether oxygens (including phenoxy) is 1. The maximum atomic E-state index is 14.1. The molecule has 8 heteroatoms. The summed E-state index contributed by atoms with van der Waals surface area (Å²) in [5, 5.41) is 16.5. The van der Waals surface area contributed by atoms with Crippen LogP contribution in [0.3, 0.4) is 0 Å². The number of nitrogens with zero attached hydrogens (tertiary/aromatic N) is 1. The molecule has 38 heavy (non-hydrogen) atoms. The van der Waals surface area contributed by atoms with E-state index in [2.05, 4.69) is 15.7 Å². The van der Waals surface area contributed by atoms with Crippen LogP contribution in [0.4, 0.5) is 4.39 Å². The summed E-state index contributed by atoms with van der Waals surface area (Å²) in [6.45, 7) is 2.49. The van der Waals surface area contributed by atoms with Gasteiger partial charge in [-0.3, -0.25) is 4.79 Å². The summed E-state index contributed by atoms with van der Waals surface area (Å²) < 4.78 is 21.6. The molecule has 0 saturated heterocycles. The van der Waals surface area contributed by atoms with E-state index in [1.54, 1.807) is 31.4 Å². The molecule has 2 unspecified atom stereocenters. The number of thiophene rings is 1. The number of benzene rings is 3. The number of halogens is 1. The zero-order valence-electron chi connectivity index (χ0n) is 21.3. The van der Waals surface area contributed by atoms with Gasteiger partial charge in [0, 0.05) is 28.4 Å². The summed E-state index contributed by atoms with van der Waals surface area (Å²) in [7, 11) is 1.63. The molecule has 0 spiro atoms. The predicted molar refractivity (Wildman–Crippen MR) is 152 cm³/mol. The van der Waals surface area contributed by atoms with Crippen LogP contribution in [0.1, 0.15) is 26.4 Å². The van der Waals surface area contributed by atoms with E-state index in [-0.39, 0.29) is 11.1 Å². The summed E-state index contributed by atoms with van der Waals surface area (Å²) in [5.74, 6) is -0.0897. The van der Waals surface area contributed by atoms with Gasteiger partial charge in [0.25, 0.3) is 5.91 Å². The molecular weight excluding hydrogens is 519 g/mol. The number of rotatable bonds is 12. The molecule has 4 aromatic rings. The van der Waals surface area contributed by atoms with Gasteiger partial charge in [0.05, 0.1) is 19.3 Å². The number of hydrogen-bond acceptors (Lipinski definition) is 6. The van der Waals surface area contributed by atoms with Crippen molar-refractivity contribution in [3.63, 3.8) is 0 Å². The maximum Gasteiger partial charge on any atom is 0.251 e. The van der Waals surface area contributed by atoms with Crippen molar-refractivity contribution in [1.82, 2.24) is 9.62 Å². The monoisotopic (exact) mass is 550 g/mol. The number of nitrogens with one attached hydrogen (secondary N) is 1. The van der Waals surface area contributed by atoms with Crippen LogP contribution in [0.25, 0.3) is 0 Å². The Morgan fingerprint density at radius 3 is 2.61 bits per heavy atom. The van der Waals surface area contributed by atoms with Crippen molar-refractivity contribution in [2.24, 2.45) is 0 Å². The number of aliphatic hydroxyl groups excluding tert-OH is 1. The molecular formula is C30H31FN2O3S2. The fourth-order valence-corrected chi connectivity index (χ4v) is 5.94. The maximum absolute atomic E-state index is 14.1. The summed E-state index contributed by atoms with van der Waals surface area (Å²) in [6, 6.07) is 25.4. The minimum absolute atomic E-state index is 0.261. The third-order valence-electron chi connectivity index (χ3n) is 6.17. The number of hydrogen-bond donors (Lipinski definition) is 2. The van der Waals surface area contributed by atoms with Crippen molar-refractivity contribution in [2.75, 3.05) is 13.7 Å². The second-order valence-electron chi connectivity index (χ2n) is 8.92. The van der Waals surface area contributed by atoms with E-state index >= 15 is 0 Å². The largest absolute Gasteiger partial charge is 0.497 e. The van der Waals surface area contributed by atoms with Crippen LogP contribution in [0.15, 0.2) is 95.2 Å². The highest BCUT2D eigenvalue weighted by atomic mass is 32.2. The first kappa shape index (κ1) is 27.9. The van der Waals surface area contributed by atoms with E-state index < -0.39 is 23.9 Å². The second-order valence-corrected chi connectivity index (χ2v) is 11.1. The van der Waals surface area contributed by atoms with Crippen LogP contribution >= 0.6 is 23.3 Å². The van der Waals surface area contributed by atoms with Crippen LogP contribution < -0.4 is 10.1 Å². The number of amides is 1. The lowest BCUT2D eigenvalue weighted by molar-refractivity contribution is 0.0786. The highest BCUT2D eigenvalue weighted by Crippen LogP contribution is 2.29. The normalized spacial score (nSPS) is 12.8. The lowest BCUT2D eigenvalue weighted by Gasteiger charge is -2.29. The van der Waals surface area contributed by atoms with E-state index in [0.717, 1.165) is 21.1 Å². The smallest absolute Gasteiger partial charge is 0.251 e. The summed E-state index contributed by atoms with van der Waals surface area (Å²) in [5.41, 5.74) is 1.53. The first-order valence-corrected chi connectivity index (χ1v) is 14.0. The minimum atomic E-state index is -0.897. The highest BCUT2D eigenvalue weighted by molar-refractivity contribution is 7.97. The van der Waals surface area contributed by atoms with Gasteiger partial charge in [0.2, 0.25) is 0 Å². The number of carbonyl (C=O) groups excluding carboxylic acids is 1. The van der Waals surface area contributed by atoms with Gasteiger partial charge in [-0.1, -0.05) is 48.5 Å². The van der Waals surface area contributed by atoms with Gasteiger partial charge in [0.15, 0.2) is 0 Å². The SMILES string of the molecule is COc1cccc(SN(Cc2cccs2)CC(O)C(Cc2ccccc2)NC(=O)c2cccc(F)c2C)c1. The fourth-order valence-electron chi connectivity index (χ4n) is 4.10. The average Bonchev–Trinajstić information content (AvgIpc) is 3.43. The molecule has 0 radical (unpaired) electrons. The molecule has 0 aliphatic rings. The lowest BCUT2D eigenvalue weighted by atomic mass is 9.99. The molecule has 5 nitrogen and oxygen atoms in total. The summed E-state index contributed by atoms with van der Waals surface area (Å²) in [4.78, 5) is 15.3. The topological polar surface area (TPSA) is 61.8 Å². The van der Waals surface area contributed by atoms with Crippen molar-refractivity contribution < 1.29 is 19.0 Å². The molecule has 1 aromatic heterocycles. The van der Waals surface area contributed by atoms with Crippen molar-refractivity contribution >= 4 is 29.2 Å². The molecule has 0 aliphatic carbocycles. The van der Waals surface area contributed by atoms with Crippen LogP contribution in [0.2, 0.25) is 0 Å². The Bertz CT molecular complexity index is 1320. The van der Waals surface area contributed by atoms with Crippen LogP contribution in [-0.2, 0) is 13.0 Å². The molecule has 4 rings (SSSR count). The lowest BCUT2D eigenvalue weighted by Crippen LogP contribution is -2.48. The molecule has 198 valence electrons. The Morgan fingerprint density at radius 2 is 1.87 bits per heavy atom. The predicted octanol–water partition coefficient (Wildman–Crippen LogP) is 6.12. The molecule has 3 aromatic carbocycles. The Kier molecular flexibility index (Phi) is 9.95. The van der Waals surface area contributed by atoms with E-state index in [1.165, 1.54) is 24.1 Å². The van der Waals surface area contributed by atoms with Gasteiger partial charge in [-0.15, -0.1) is 11.3 Å². The molecule has 0 saturated carbocycles. The van der Waals surface area contributed by atoms with E-state index in [0.29, 0.717) is 19.5 Å². The molecule has 1 amide bonds. The fraction of sp³-hybridized carbons (Fsp3) is 0.233. The zero-order valence-corrected chi connectivity index (χ0v) is 23.0. The third-order valence-corrected chi connectivity index (χ3v) is 8.03. The van der Waals surface area contributed by atoms with E-state index in [9.17, 15) is 14.3 Å². The van der Waals surface area contributed by atoms with Crippen molar-refractivity contribution in [3.8, 4) is 5.75 Å².